The van der Waals surface area contributed by atoms with Crippen LogP contribution in [0.15, 0.2) is 0 Å². The van der Waals surface area contributed by atoms with Gasteiger partial charge < -0.3 is 15.0 Å². The van der Waals surface area contributed by atoms with E-state index in [4.69, 9.17) is 4.74 Å². The average Bonchev–Trinajstić information content (AvgIpc) is 2.43. The lowest BCUT2D eigenvalue weighted by Crippen LogP contribution is -2.46. The van der Waals surface area contributed by atoms with E-state index in [0.29, 0.717) is 11.5 Å². The van der Waals surface area contributed by atoms with Gasteiger partial charge in [-0.2, -0.15) is 0 Å². The minimum absolute atomic E-state index is 0.351. The van der Waals surface area contributed by atoms with E-state index in [1.54, 1.807) is 7.11 Å². The molecule has 0 aromatic carbocycles. The fourth-order valence-corrected chi connectivity index (χ4v) is 2.21. The Morgan fingerprint density at radius 2 is 2.12 bits per heavy atom. The van der Waals surface area contributed by atoms with Gasteiger partial charge in [-0.25, -0.2) is 0 Å². The smallest absolute Gasteiger partial charge is 0.0474 e. The van der Waals surface area contributed by atoms with Crippen molar-refractivity contribution in [1.29, 1.82) is 0 Å². The summed E-state index contributed by atoms with van der Waals surface area (Å²) in [6.45, 7) is 12.6. The van der Waals surface area contributed by atoms with E-state index in [1.165, 1.54) is 26.1 Å². The van der Waals surface area contributed by atoms with Crippen molar-refractivity contribution in [2.75, 3.05) is 39.9 Å². The second kappa shape index (κ2) is 6.58. The Hall–Kier alpha value is -0.120. The quantitative estimate of drug-likeness (QED) is 0.742. The van der Waals surface area contributed by atoms with Crippen molar-refractivity contribution in [3.05, 3.63) is 0 Å². The molecule has 0 aromatic heterocycles. The predicted molar refractivity (Wildman–Crippen MR) is 68.8 cm³/mol. The van der Waals surface area contributed by atoms with Crippen LogP contribution in [0.1, 0.15) is 33.6 Å². The molecule has 1 heterocycles. The van der Waals surface area contributed by atoms with Crippen molar-refractivity contribution < 1.29 is 4.74 Å². The molecule has 1 rings (SSSR count). The Balaban J connectivity index is 2.39. The number of hydrogen-bond donors (Lipinski definition) is 1. The third kappa shape index (κ3) is 4.81. The summed E-state index contributed by atoms with van der Waals surface area (Å²) in [6.07, 6.45) is 2.41. The molecule has 0 aromatic rings. The summed E-state index contributed by atoms with van der Waals surface area (Å²) in [6, 6.07) is 0.609. The first kappa shape index (κ1) is 13.9. The van der Waals surface area contributed by atoms with Gasteiger partial charge in [-0.1, -0.05) is 20.8 Å². The molecule has 1 unspecified atom stereocenters. The highest BCUT2D eigenvalue weighted by molar-refractivity contribution is 4.85. The molecular formula is C13H28N2O. The molecule has 0 bridgehead atoms. The standard InChI is InChI=1S/C13H28N2O/c1-13(2,3)12-11-15(8-5-7-14-12)9-6-10-16-4/h12,14H,5-11H2,1-4H3. The summed E-state index contributed by atoms with van der Waals surface area (Å²) in [7, 11) is 1.78. The monoisotopic (exact) mass is 228 g/mol. The van der Waals surface area contributed by atoms with Gasteiger partial charge in [-0.3, -0.25) is 0 Å². The van der Waals surface area contributed by atoms with Crippen LogP contribution in [0.2, 0.25) is 0 Å². The number of methoxy groups -OCH3 is 1. The lowest BCUT2D eigenvalue weighted by Gasteiger charge is -2.33. The van der Waals surface area contributed by atoms with E-state index >= 15 is 0 Å². The average molecular weight is 228 g/mol. The molecule has 16 heavy (non-hydrogen) atoms. The first-order chi connectivity index (χ1) is 7.54. The molecule has 1 aliphatic rings. The van der Waals surface area contributed by atoms with Crippen molar-refractivity contribution in [3.63, 3.8) is 0 Å². The maximum Gasteiger partial charge on any atom is 0.0474 e. The minimum Gasteiger partial charge on any atom is -0.385 e. The fourth-order valence-electron chi connectivity index (χ4n) is 2.21. The molecule has 0 spiro atoms. The van der Waals surface area contributed by atoms with Crippen LogP contribution in [0.25, 0.3) is 0 Å². The van der Waals surface area contributed by atoms with Crippen LogP contribution in [0.3, 0.4) is 0 Å². The molecule has 1 aliphatic heterocycles. The number of nitrogens with zero attached hydrogens (tertiary/aromatic N) is 1. The molecular weight excluding hydrogens is 200 g/mol. The Kier molecular flexibility index (Phi) is 5.73. The van der Waals surface area contributed by atoms with Crippen LogP contribution >= 0.6 is 0 Å². The van der Waals surface area contributed by atoms with Crippen LogP contribution in [0.4, 0.5) is 0 Å². The summed E-state index contributed by atoms with van der Waals surface area (Å²) in [5.74, 6) is 0. The highest BCUT2D eigenvalue weighted by Crippen LogP contribution is 2.21. The molecule has 1 saturated heterocycles. The van der Waals surface area contributed by atoms with Gasteiger partial charge in [0, 0.05) is 32.8 Å². The van der Waals surface area contributed by atoms with E-state index in [9.17, 15) is 0 Å². The molecule has 0 radical (unpaired) electrons. The van der Waals surface area contributed by atoms with E-state index in [2.05, 4.69) is 31.0 Å². The van der Waals surface area contributed by atoms with E-state index < -0.39 is 0 Å². The predicted octanol–water partition coefficient (Wildman–Crippen LogP) is 1.73. The highest BCUT2D eigenvalue weighted by atomic mass is 16.5. The van der Waals surface area contributed by atoms with Gasteiger partial charge in [-0.05, 0) is 31.3 Å². The molecule has 96 valence electrons. The van der Waals surface area contributed by atoms with Gasteiger partial charge >= 0.3 is 0 Å². The zero-order valence-electron chi connectivity index (χ0n) is 11.4. The molecule has 3 heteroatoms. The number of rotatable bonds is 4. The van der Waals surface area contributed by atoms with E-state index in [0.717, 1.165) is 19.6 Å². The van der Waals surface area contributed by atoms with E-state index in [1.807, 2.05) is 0 Å². The number of nitrogens with one attached hydrogen (secondary N) is 1. The SMILES string of the molecule is COCCCN1CCCNC(C(C)(C)C)C1. The van der Waals surface area contributed by atoms with Crippen LogP contribution in [-0.2, 0) is 4.74 Å². The van der Waals surface area contributed by atoms with Crippen LogP contribution in [-0.4, -0.2) is 50.8 Å². The maximum absolute atomic E-state index is 5.12. The second-order valence-electron chi connectivity index (χ2n) is 5.87. The fraction of sp³-hybridized carbons (Fsp3) is 1.00. The summed E-state index contributed by atoms with van der Waals surface area (Å²) in [4.78, 5) is 2.58. The van der Waals surface area contributed by atoms with Crippen LogP contribution in [0.5, 0.6) is 0 Å². The van der Waals surface area contributed by atoms with Gasteiger partial charge in [0.15, 0.2) is 0 Å². The Morgan fingerprint density at radius 3 is 2.75 bits per heavy atom. The zero-order chi connectivity index (χ0) is 12.0. The van der Waals surface area contributed by atoms with Crippen LogP contribution < -0.4 is 5.32 Å². The second-order valence-corrected chi connectivity index (χ2v) is 5.87. The normalized spacial score (nSPS) is 24.4. The summed E-state index contributed by atoms with van der Waals surface area (Å²) in [5.41, 5.74) is 0.351. The molecule has 1 atom stereocenters. The van der Waals surface area contributed by atoms with Crippen LogP contribution in [0, 0.1) is 5.41 Å². The first-order valence-corrected chi connectivity index (χ1v) is 6.48. The van der Waals surface area contributed by atoms with Gasteiger partial charge in [-0.15, -0.1) is 0 Å². The molecule has 0 amide bonds. The first-order valence-electron chi connectivity index (χ1n) is 6.48. The molecule has 0 saturated carbocycles. The molecule has 1 N–H and O–H groups in total. The minimum atomic E-state index is 0.351. The molecule has 0 aliphatic carbocycles. The third-order valence-corrected chi connectivity index (χ3v) is 3.35. The Labute approximate surface area is 101 Å². The van der Waals surface area contributed by atoms with E-state index in [-0.39, 0.29) is 0 Å². The topological polar surface area (TPSA) is 24.5 Å². The third-order valence-electron chi connectivity index (χ3n) is 3.35. The maximum atomic E-state index is 5.12. The van der Waals surface area contributed by atoms with Gasteiger partial charge in [0.1, 0.15) is 0 Å². The van der Waals surface area contributed by atoms with Gasteiger partial charge in [0.2, 0.25) is 0 Å². The number of hydrogen-bond acceptors (Lipinski definition) is 3. The van der Waals surface area contributed by atoms with Crippen molar-refractivity contribution in [2.45, 2.75) is 39.7 Å². The highest BCUT2D eigenvalue weighted by Gasteiger charge is 2.27. The van der Waals surface area contributed by atoms with Gasteiger partial charge in [0.25, 0.3) is 0 Å². The molecule has 3 nitrogen and oxygen atoms in total. The van der Waals surface area contributed by atoms with Gasteiger partial charge in [0.05, 0.1) is 0 Å². The summed E-state index contributed by atoms with van der Waals surface area (Å²) in [5, 5.41) is 3.67. The lowest BCUT2D eigenvalue weighted by atomic mass is 9.86. The Morgan fingerprint density at radius 1 is 1.38 bits per heavy atom. The summed E-state index contributed by atoms with van der Waals surface area (Å²) >= 11 is 0. The van der Waals surface area contributed by atoms with Crippen molar-refractivity contribution in [3.8, 4) is 0 Å². The summed E-state index contributed by atoms with van der Waals surface area (Å²) < 4.78 is 5.12. The Bertz CT molecular complexity index is 189. The lowest BCUT2D eigenvalue weighted by molar-refractivity contribution is 0.157. The number of ether oxygens (including phenoxy) is 1. The zero-order valence-corrected chi connectivity index (χ0v) is 11.4. The van der Waals surface area contributed by atoms with Crippen molar-refractivity contribution in [2.24, 2.45) is 5.41 Å². The van der Waals surface area contributed by atoms with Crippen molar-refractivity contribution >= 4 is 0 Å². The van der Waals surface area contributed by atoms with Crippen molar-refractivity contribution in [1.82, 2.24) is 10.2 Å². The molecule has 1 fully saturated rings. The largest absolute Gasteiger partial charge is 0.385 e.